The molecule has 0 amide bonds. The fraction of sp³-hybridized carbons (Fsp3) is 0.312. The Bertz CT molecular complexity index is 900. The van der Waals surface area contributed by atoms with Gasteiger partial charge in [-0.3, -0.25) is 0 Å². The summed E-state index contributed by atoms with van der Waals surface area (Å²) in [5, 5.41) is 14.5. The third kappa shape index (κ3) is 2.92. The van der Waals surface area contributed by atoms with Crippen LogP contribution in [-0.2, 0) is 12.8 Å². The highest BCUT2D eigenvalue weighted by Crippen LogP contribution is 2.28. The van der Waals surface area contributed by atoms with Gasteiger partial charge < -0.3 is 14.6 Å². The molecule has 0 atom stereocenters. The van der Waals surface area contributed by atoms with E-state index < -0.39 is 5.97 Å². The summed E-state index contributed by atoms with van der Waals surface area (Å²) in [4.78, 5) is 16.2. The van der Waals surface area contributed by atoms with Gasteiger partial charge in [0.1, 0.15) is 5.01 Å². The number of aromatic nitrogens is 3. The Labute approximate surface area is 142 Å². The van der Waals surface area contributed by atoms with Crippen molar-refractivity contribution in [2.75, 3.05) is 14.2 Å². The molecule has 1 N–H and O–H groups in total. The van der Waals surface area contributed by atoms with Crippen LogP contribution in [0.15, 0.2) is 18.2 Å². The summed E-state index contributed by atoms with van der Waals surface area (Å²) in [5.74, 6) is 0.361. The van der Waals surface area contributed by atoms with Crippen LogP contribution in [0.25, 0.3) is 4.96 Å². The first-order chi connectivity index (χ1) is 11.5. The van der Waals surface area contributed by atoms with Gasteiger partial charge in [-0.1, -0.05) is 17.4 Å². The lowest BCUT2D eigenvalue weighted by atomic mass is 10.1. The zero-order valence-electron chi connectivity index (χ0n) is 13.6. The van der Waals surface area contributed by atoms with Crippen LogP contribution in [0.5, 0.6) is 11.5 Å². The van der Waals surface area contributed by atoms with Crippen LogP contribution in [-0.4, -0.2) is 39.9 Å². The smallest absolute Gasteiger partial charge is 0.356 e. The molecule has 2 heterocycles. The number of carboxylic acid groups (broad SMARTS) is 1. The van der Waals surface area contributed by atoms with E-state index in [1.54, 1.807) is 21.1 Å². The fourth-order valence-corrected chi connectivity index (χ4v) is 3.46. The number of aromatic carboxylic acids is 1. The molecule has 0 radical (unpaired) electrons. The van der Waals surface area contributed by atoms with Gasteiger partial charge in [-0.2, -0.15) is 9.61 Å². The second-order valence-electron chi connectivity index (χ2n) is 5.23. The molecule has 2 aromatic heterocycles. The lowest BCUT2D eigenvalue weighted by Crippen LogP contribution is -2.05. The molecule has 0 aliphatic rings. The minimum atomic E-state index is -1.02. The quantitative estimate of drug-likeness (QED) is 0.738. The molecule has 0 spiro atoms. The van der Waals surface area contributed by atoms with E-state index >= 15 is 0 Å². The molecule has 24 heavy (non-hydrogen) atoms. The summed E-state index contributed by atoms with van der Waals surface area (Å²) < 4.78 is 11.9. The Hall–Kier alpha value is -2.61. The first-order valence-corrected chi connectivity index (χ1v) is 8.14. The van der Waals surface area contributed by atoms with Gasteiger partial charge in [0.05, 0.1) is 19.9 Å². The molecule has 0 fully saturated rings. The fourth-order valence-electron chi connectivity index (χ4n) is 2.52. The Morgan fingerprint density at radius 2 is 2.00 bits per heavy atom. The van der Waals surface area contributed by atoms with Crippen LogP contribution in [0.3, 0.4) is 0 Å². The lowest BCUT2D eigenvalue weighted by molar-refractivity contribution is 0.0687. The number of hydrogen-bond donors (Lipinski definition) is 1. The van der Waals surface area contributed by atoms with Gasteiger partial charge >= 0.3 is 5.97 Å². The van der Waals surface area contributed by atoms with E-state index in [1.807, 2.05) is 18.2 Å². The molecule has 3 aromatic rings. The maximum absolute atomic E-state index is 11.3. The van der Waals surface area contributed by atoms with E-state index in [0.717, 1.165) is 17.0 Å². The molecular weight excluding hydrogens is 330 g/mol. The molecule has 8 heteroatoms. The van der Waals surface area contributed by atoms with E-state index in [4.69, 9.17) is 9.47 Å². The monoisotopic (exact) mass is 347 g/mol. The van der Waals surface area contributed by atoms with Gasteiger partial charge in [0.15, 0.2) is 17.2 Å². The van der Waals surface area contributed by atoms with Crippen LogP contribution < -0.4 is 9.47 Å². The average molecular weight is 347 g/mol. The van der Waals surface area contributed by atoms with E-state index in [1.165, 1.54) is 15.9 Å². The normalized spacial score (nSPS) is 11.0. The van der Waals surface area contributed by atoms with Crippen LogP contribution >= 0.6 is 11.3 Å². The van der Waals surface area contributed by atoms with Gasteiger partial charge in [0.2, 0.25) is 4.96 Å². The number of hydrogen-bond acceptors (Lipinski definition) is 6. The minimum absolute atomic E-state index is 0.124. The number of carbonyl (C=O) groups is 1. The van der Waals surface area contributed by atoms with E-state index in [0.29, 0.717) is 28.6 Å². The van der Waals surface area contributed by atoms with Crippen molar-refractivity contribution in [3.05, 3.63) is 40.2 Å². The number of aryl methyl sites for hydroxylation is 3. The predicted octanol–water partition coefficient (Wildman–Crippen LogP) is 2.60. The Morgan fingerprint density at radius 3 is 2.67 bits per heavy atom. The Kier molecular flexibility index (Phi) is 4.39. The van der Waals surface area contributed by atoms with Crippen molar-refractivity contribution in [1.29, 1.82) is 0 Å². The van der Waals surface area contributed by atoms with Crippen molar-refractivity contribution in [2.45, 2.75) is 19.8 Å². The molecule has 0 saturated carbocycles. The van der Waals surface area contributed by atoms with Gasteiger partial charge in [-0.05, 0) is 31.0 Å². The summed E-state index contributed by atoms with van der Waals surface area (Å²) in [5.41, 5.74) is 1.70. The first kappa shape index (κ1) is 16.3. The summed E-state index contributed by atoms with van der Waals surface area (Å²) in [6, 6.07) is 5.78. The molecule has 1 aromatic carbocycles. The van der Waals surface area contributed by atoms with Crippen molar-refractivity contribution in [3.8, 4) is 11.5 Å². The Balaban J connectivity index is 1.80. The summed E-state index contributed by atoms with van der Waals surface area (Å²) in [6.45, 7) is 1.67. The molecule has 3 rings (SSSR count). The molecule has 0 aliphatic carbocycles. The zero-order chi connectivity index (χ0) is 17.3. The highest BCUT2D eigenvalue weighted by Gasteiger charge is 2.19. The molecule has 0 saturated heterocycles. The van der Waals surface area contributed by atoms with Gasteiger partial charge in [0.25, 0.3) is 0 Å². The van der Waals surface area contributed by atoms with Crippen molar-refractivity contribution < 1.29 is 19.4 Å². The number of imidazole rings is 1. The van der Waals surface area contributed by atoms with Crippen molar-refractivity contribution >= 4 is 22.3 Å². The van der Waals surface area contributed by atoms with E-state index in [2.05, 4.69) is 10.1 Å². The number of benzene rings is 1. The third-order valence-corrected chi connectivity index (χ3v) is 4.67. The molecular formula is C16H17N3O4S. The maximum Gasteiger partial charge on any atom is 0.356 e. The first-order valence-electron chi connectivity index (χ1n) is 7.32. The van der Waals surface area contributed by atoms with Crippen molar-refractivity contribution in [3.63, 3.8) is 0 Å². The van der Waals surface area contributed by atoms with Gasteiger partial charge in [-0.15, -0.1) is 0 Å². The summed E-state index contributed by atoms with van der Waals surface area (Å²) >= 11 is 1.41. The van der Waals surface area contributed by atoms with E-state index in [9.17, 15) is 9.90 Å². The number of rotatable bonds is 6. The topological polar surface area (TPSA) is 86.0 Å². The summed E-state index contributed by atoms with van der Waals surface area (Å²) in [6.07, 6.45) is 1.46. The van der Waals surface area contributed by atoms with Crippen LogP contribution in [0.4, 0.5) is 0 Å². The highest BCUT2D eigenvalue weighted by molar-refractivity contribution is 7.16. The number of fused-ring (bicyclic) bond motifs is 1. The lowest BCUT2D eigenvalue weighted by Gasteiger charge is -2.09. The Morgan fingerprint density at radius 1 is 1.25 bits per heavy atom. The standard InChI is InChI=1S/C16H17N3O4S/c1-9-14(15(20)21)19-16(17-9)24-13(18-19)7-5-10-4-6-11(22-2)12(8-10)23-3/h4,6,8H,5,7H2,1-3H3,(H,20,21). The van der Waals surface area contributed by atoms with Crippen LogP contribution in [0.1, 0.15) is 26.8 Å². The minimum Gasteiger partial charge on any atom is -0.493 e. The maximum atomic E-state index is 11.3. The number of carboxylic acids is 1. The largest absolute Gasteiger partial charge is 0.493 e. The average Bonchev–Trinajstić information content (AvgIpc) is 3.07. The van der Waals surface area contributed by atoms with Crippen LogP contribution in [0.2, 0.25) is 0 Å². The van der Waals surface area contributed by atoms with Crippen molar-refractivity contribution in [1.82, 2.24) is 14.6 Å². The van der Waals surface area contributed by atoms with Crippen LogP contribution in [0, 0.1) is 6.92 Å². The van der Waals surface area contributed by atoms with Gasteiger partial charge in [-0.25, -0.2) is 9.78 Å². The number of methoxy groups -OCH3 is 2. The zero-order valence-corrected chi connectivity index (χ0v) is 14.4. The van der Waals surface area contributed by atoms with Gasteiger partial charge in [0, 0.05) is 6.42 Å². The number of nitrogens with zero attached hydrogens (tertiary/aromatic N) is 3. The molecule has 0 aliphatic heterocycles. The molecule has 7 nitrogen and oxygen atoms in total. The second-order valence-corrected chi connectivity index (χ2v) is 6.27. The SMILES string of the molecule is COc1ccc(CCc2nn3c(C(=O)O)c(C)nc3s2)cc1OC. The molecule has 0 unspecified atom stereocenters. The number of ether oxygens (including phenoxy) is 2. The predicted molar refractivity (Wildman–Crippen MR) is 89.5 cm³/mol. The van der Waals surface area contributed by atoms with E-state index in [-0.39, 0.29) is 5.69 Å². The second kappa shape index (κ2) is 6.48. The molecule has 0 bridgehead atoms. The molecule has 126 valence electrons. The third-order valence-electron chi connectivity index (χ3n) is 3.70. The summed E-state index contributed by atoms with van der Waals surface area (Å²) in [7, 11) is 3.21. The highest BCUT2D eigenvalue weighted by atomic mass is 32.1. The van der Waals surface area contributed by atoms with Crippen molar-refractivity contribution in [2.24, 2.45) is 0 Å².